The minimum Gasteiger partial charge on any atom is -0.325 e. The van der Waals surface area contributed by atoms with E-state index in [4.69, 9.17) is 5.73 Å². The zero-order chi connectivity index (χ0) is 7.24. The molecule has 0 unspecified atom stereocenters. The van der Waals surface area contributed by atoms with Crippen LogP contribution in [0, 0.1) is 0 Å². The second kappa shape index (κ2) is 2.60. The summed E-state index contributed by atoms with van der Waals surface area (Å²) < 4.78 is 13.5. The third-order valence-corrected chi connectivity index (χ3v) is 3.21. The van der Waals surface area contributed by atoms with Crippen LogP contribution in [-0.2, 0) is 0 Å². The van der Waals surface area contributed by atoms with Crippen LogP contribution in [0.3, 0.4) is 0 Å². The maximum atomic E-state index is 13.5. The van der Waals surface area contributed by atoms with Crippen LogP contribution < -0.4 is 5.73 Å². The molecule has 1 nitrogen and oxygen atoms in total. The summed E-state index contributed by atoms with van der Waals surface area (Å²) in [7, 11) is 0. The highest BCUT2D eigenvalue weighted by Crippen LogP contribution is 2.47. The van der Waals surface area contributed by atoms with E-state index >= 15 is 0 Å². The molecule has 2 bridgehead atoms. The van der Waals surface area contributed by atoms with Gasteiger partial charge in [0.05, 0.1) is 0 Å². The van der Waals surface area contributed by atoms with Gasteiger partial charge in [0.15, 0.2) is 0 Å². The molecule has 3 aliphatic carbocycles. The van der Waals surface area contributed by atoms with Gasteiger partial charge in [0.25, 0.3) is 0 Å². The number of hydrogen-bond acceptors (Lipinski definition) is 1. The van der Waals surface area contributed by atoms with E-state index in [1.807, 2.05) is 0 Å². The highest BCUT2D eigenvalue weighted by molar-refractivity contribution is 5.85. The largest absolute Gasteiger partial charge is 0.325 e. The molecule has 0 aromatic rings. The second-order valence-electron chi connectivity index (χ2n) is 4.01. The van der Waals surface area contributed by atoms with Gasteiger partial charge in [-0.3, -0.25) is 0 Å². The summed E-state index contributed by atoms with van der Waals surface area (Å²) in [5.41, 5.74) is 5.19. The van der Waals surface area contributed by atoms with Gasteiger partial charge in [-0.25, -0.2) is 4.39 Å². The summed E-state index contributed by atoms with van der Waals surface area (Å²) in [6.07, 6.45) is 4.85. The van der Waals surface area contributed by atoms with Gasteiger partial charge in [0, 0.05) is 5.54 Å². The Morgan fingerprint density at radius 1 is 0.909 bits per heavy atom. The van der Waals surface area contributed by atoms with Gasteiger partial charge in [-0.15, -0.1) is 12.4 Å². The summed E-state index contributed by atoms with van der Waals surface area (Å²) in [6, 6.07) is 0. The Hall–Kier alpha value is 0.180. The third kappa shape index (κ3) is 1.52. The molecular formula is C8H15ClFN. The van der Waals surface area contributed by atoms with Crippen LogP contribution in [0.4, 0.5) is 4.39 Å². The van der Waals surface area contributed by atoms with Crippen LogP contribution in [0.25, 0.3) is 0 Å². The molecule has 66 valence electrons. The molecule has 0 atom stereocenters. The first-order valence-corrected chi connectivity index (χ1v) is 4.10. The molecule has 3 saturated carbocycles. The van der Waals surface area contributed by atoms with E-state index in [0.717, 1.165) is 19.3 Å². The van der Waals surface area contributed by atoms with Gasteiger partial charge in [0.2, 0.25) is 0 Å². The van der Waals surface area contributed by atoms with Crippen molar-refractivity contribution in [1.82, 2.24) is 0 Å². The summed E-state index contributed by atoms with van der Waals surface area (Å²) in [6.45, 7) is 0. The Bertz CT molecular complexity index is 118. The highest BCUT2D eigenvalue weighted by Gasteiger charge is 2.46. The first-order valence-electron chi connectivity index (χ1n) is 4.10. The zero-order valence-corrected chi connectivity index (χ0v) is 7.42. The summed E-state index contributed by atoms with van der Waals surface area (Å²) in [4.78, 5) is 0. The van der Waals surface area contributed by atoms with Crippen molar-refractivity contribution in [3.8, 4) is 0 Å². The maximum Gasteiger partial charge on any atom is 0.111 e. The molecule has 3 aliphatic rings. The lowest BCUT2D eigenvalue weighted by Crippen LogP contribution is -2.53. The minimum atomic E-state index is -0.818. The second-order valence-corrected chi connectivity index (χ2v) is 4.01. The Kier molecular flexibility index (Phi) is 2.19. The van der Waals surface area contributed by atoms with Crippen LogP contribution in [0.5, 0.6) is 0 Å². The molecule has 0 spiro atoms. The molecule has 0 aliphatic heterocycles. The van der Waals surface area contributed by atoms with Crippen LogP contribution >= 0.6 is 12.4 Å². The number of alkyl halides is 1. The van der Waals surface area contributed by atoms with Crippen molar-refractivity contribution in [3.05, 3.63) is 0 Å². The predicted molar refractivity (Wildman–Crippen MR) is 45.7 cm³/mol. The van der Waals surface area contributed by atoms with Crippen LogP contribution in [-0.4, -0.2) is 11.2 Å². The minimum absolute atomic E-state index is 0. The molecule has 0 saturated heterocycles. The molecule has 3 rings (SSSR count). The number of rotatable bonds is 0. The van der Waals surface area contributed by atoms with Gasteiger partial charge in [0.1, 0.15) is 5.67 Å². The maximum absolute atomic E-state index is 13.5. The quantitative estimate of drug-likeness (QED) is 0.606. The number of halogens is 2. The smallest absolute Gasteiger partial charge is 0.111 e. The molecule has 0 heterocycles. The number of hydrogen-bond donors (Lipinski definition) is 1. The van der Waals surface area contributed by atoms with Crippen molar-refractivity contribution in [2.75, 3.05) is 0 Å². The lowest BCUT2D eigenvalue weighted by Gasteiger charge is -2.47. The normalized spacial score (nSPS) is 48.5. The van der Waals surface area contributed by atoms with E-state index in [1.54, 1.807) is 0 Å². The first kappa shape index (κ1) is 9.27. The Labute approximate surface area is 72.9 Å². The Morgan fingerprint density at radius 2 is 1.27 bits per heavy atom. The van der Waals surface area contributed by atoms with Crippen molar-refractivity contribution in [3.63, 3.8) is 0 Å². The summed E-state index contributed by atoms with van der Waals surface area (Å²) in [5.74, 6) is 0. The lowest BCUT2D eigenvalue weighted by molar-refractivity contribution is 0.00752. The van der Waals surface area contributed by atoms with E-state index < -0.39 is 5.67 Å². The van der Waals surface area contributed by atoms with Gasteiger partial charge < -0.3 is 5.73 Å². The molecule has 0 amide bonds. The van der Waals surface area contributed by atoms with Crippen molar-refractivity contribution in [1.29, 1.82) is 0 Å². The first-order chi connectivity index (χ1) is 4.62. The summed E-state index contributed by atoms with van der Waals surface area (Å²) >= 11 is 0. The predicted octanol–water partition coefficient (Wildman–Crippen LogP) is 2.18. The van der Waals surface area contributed by atoms with Crippen LogP contribution in [0.2, 0.25) is 0 Å². The van der Waals surface area contributed by atoms with Crippen molar-refractivity contribution in [2.24, 2.45) is 5.73 Å². The van der Waals surface area contributed by atoms with E-state index in [9.17, 15) is 4.39 Å². The van der Waals surface area contributed by atoms with E-state index in [1.165, 1.54) is 0 Å². The van der Waals surface area contributed by atoms with Gasteiger partial charge in [-0.05, 0) is 38.5 Å². The molecular weight excluding hydrogens is 165 g/mol. The van der Waals surface area contributed by atoms with Crippen molar-refractivity contribution >= 4 is 12.4 Å². The van der Waals surface area contributed by atoms with Gasteiger partial charge in [-0.2, -0.15) is 0 Å². The Morgan fingerprint density at radius 3 is 1.55 bits per heavy atom. The van der Waals surface area contributed by atoms with Gasteiger partial charge >= 0.3 is 0 Å². The van der Waals surface area contributed by atoms with Crippen LogP contribution in [0.1, 0.15) is 38.5 Å². The van der Waals surface area contributed by atoms with E-state index in [2.05, 4.69) is 0 Å². The molecule has 3 heteroatoms. The highest BCUT2D eigenvalue weighted by atomic mass is 35.5. The third-order valence-electron chi connectivity index (χ3n) is 3.21. The fourth-order valence-electron chi connectivity index (χ4n) is 2.17. The number of nitrogens with two attached hydrogens (primary N) is 1. The topological polar surface area (TPSA) is 26.0 Å². The van der Waals surface area contributed by atoms with E-state index in [0.29, 0.717) is 19.3 Å². The SMILES string of the molecule is Cl.NC12CCC(F)(CC1)CC2. The molecule has 11 heavy (non-hydrogen) atoms. The lowest BCUT2D eigenvalue weighted by atomic mass is 9.65. The standard InChI is InChI=1S/C8H14FN.ClH/c9-7-1-4-8(10,5-2-7)6-3-7;/h1-6,10H2;1H. The zero-order valence-electron chi connectivity index (χ0n) is 6.61. The average molecular weight is 180 g/mol. The van der Waals surface area contributed by atoms with Crippen LogP contribution in [0.15, 0.2) is 0 Å². The van der Waals surface area contributed by atoms with Crippen molar-refractivity contribution in [2.45, 2.75) is 49.7 Å². The summed E-state index contributed by atoms with van der Waals surface area (Å²) in [5, 5.41) is 0. The average Bonchev–Trinajstić information content (AvgIpc) is 1.93. The Balaban J connectivity index is 0.000000605. The fourth-order valence-corrected chi connectivity index (χ4v) is 2.17. The van der Waals surface area contributed by atoms with E-state index in [-0.39, 0.29) is 17.9 Å². The molecule has 3 fully saturated rings. The molecule has 2 N–H and O–H groups in total. The van der Waals surface area contributed by atoms with Crippen molar-refractivity contribution < 1.29 is 4.39 Å². The molecule has 0 aromatic carbocycles. The molecule has 0 aromatic heterocycles. The number of fused-ring (bicyclic) bond motifs is 3. The monoisotopic (exact) mass is 179 g/mol. The molecule has 0 radical (unpaired) electrons. The van der Waals surface area contributed by atoms with Gasteiger partial charge in [-0.1, -0.05) is 0 Å². The fraction of sp³-hybridized carbons (Fsp3) is 1.00.